The van der Waals surface area contributed by atoms with Crippen LogP contribution in [0.15, 0.2) is 29.1 Å². The highest BCUT2D eigenvalue weighted by atomic mass is 127. The molecular weight excluding hydrogens is 517 g/mol. The van der Waals surface area contributed by atoms with Crippen LogP contribution in [0.3, 0.4) is 0 Å². The minimum absolute atomic E-state index is 0.0451. The topological polar surface area (TPSA) is 75.4 Å². The lowest BCUT2D eigenvalue weighted by Crippen LogP contribution is -2.44. The van der Waals surface area contributed by atoms with E-state index in [-0.39, 0.29) is 11.7 Å². The Kier molecular flexibility index (Phi) is 7.87. The number of para-hydroxylation sites is 2. The number of carboxylic acid groups (broad SMARTS) is 1. The predicted molar refractivity (Wildman–Crippen MR) is 136 cm³/mol. The summed E-state index contributed by atoms with van der Waals surface area (Å²) in [5, 5.41) is 9.60. The van der Waals surface area contributed by atoms with E-state index in [1.807, 2.05) is 18.2 Å². The smallest absolute Gasteiger partial charge is 0.360 e. The second kappa shape index (κ2) is 10.6. The fourth-order valence-electron chi connectivity index (χ4n) is 5.78. The molecule has 1 aliphatic carbocycles. The van der Waals surface area contributed by atoms with Gasteiger partial charge in [0, 0.05) is 18.1 Å². The molecule has 1 aromatic heterocycles. The number of carboxylic acids is 1. The van der Waals surface area contributed by atoms with E-state index in [9.17, 15) is 14.7 Å². The molecule has 2 aromatic rings. The molecule has 0 amide bonds. The molecule has 174 valence electrons. The molecule has 1 N–H and O–H groups in total. The summed E-state index contributed by atoms with van der Waals surface area (Å²) in [6.07, 6.45) is 13.2. The number of carbonyl (C=O) groups is 1. The molecule has 0 radical (unpaired) electrons. The lowest BCUT2D eigenvalue weighted by molar-refractivity contribution is 0.0687. The van der Waals surface area contributed by atoms with Gasteiger partial charge in [0.15, 0.2) is 0 Å². The van der Waals surface area contributed by atoms with Crippen LogP contribution >= 0.6 is 22.6 Å². The Hall–Kier alpha value is -1.48. The Labute approximate surface area is 203 Å². The fraction of sp³-hybridized carbons (Fsp3) is 0.640. The number of rotatable bonds is 6. The number of aromatic carboxylic acids is 1. The number of benzene rings is 1. The zero-order valence-corrected chi connectivity index (χ0v) is 21.0. The average Bonchev–Trinajstić information content (AvgIpc) is 3.12. The second-order valence-corrected chi connectivity index (χ2v) is 10.8. The Morgan fingerprint density at radius 2 is 1.81 bits per heavy atom. The number of likely N-dealkylation sites (tertiary alicyclic amines) is 1. The molecule has 4 rings (SSSR count). The summed E-state index contributed by atoms with van der Waals surface area (Å²) in [7, 11) is 0. The first-order chi connectivity index (χ1) is 15.5. The average molecular weight is 551 g/mol. The van der Waals surface area contributed by atoms with Gasteiger partial charge in [0.05, 0.1) is 15.1 Å². The maximum Gasteiger partial charge on any atom is 0.360 e. The van der Waals surface area contributed by atoms with Crippen LogP contribution in [0.5, 0.6) is 0 Å². The van der Waals surface area contributed by atoms with Gasteiger partial charge < -0.3 is 9.67 Å². The molecule has 1 aliphatic heterocycles. The second-order valence-electron chi connectivity index (χ2n) is 9.34. The third kappa shape index (κ3) is 4.88. The zero-order chi connectivity index (χ0) is 22.7. The summed E-state index contributed by atoms with van der Waals surface area (Å²) < 4.78 is 2.27. The van der Waals surface area contributed by atoms with Crippen molar-refractivity contribution in [3.63, 3.8) is 0 Å². The fourth-order valence-corrected chi connectivity index (χ4v) is 7.05. The van der Waals surface area contributed by atoms with Crippen molar-refractivity contribution in [2.24, 2.45) is 0 Å². The summed E-state index contributed by atoms with van der Waals surface area (Å²) in [5.74, 6) is -1.26. The summed E-state index contributed by atoms with van der Waals surface area (Å²) in [6, 6.07) is 8.43. The van der Waals surface area contributed by atoms with Crippen molar-refractivity contribution < 1.29 is 9.90 Å². The molecule has 1 saturated heterocycles. The van der Waals surface area contributed by atoms with E-state index in [0.29, 0.717) is 21.6 Å². The van der Waals surface area contributed by atoms with Crippen LogP contribution in [0, 0.1) is 0 Å². The number of hydrogen-bond donors (Lipinski definition) is 1. The molecule has 3 atom stereocenters. The van der Waals surface area contributed by atoms with Gasteiger partial charge in [-0.25, -0.2) is 9.78 Å². The van der Waals surface area contributed by atoms with Crippen LogP contribution < -0.4 is 5.56 Å². The summed E-state index contributed by atoms with van der Waals surface area (Å²) >= 11 is 2.61. The Morgan fingerprint density at radius 3 is 2.50 bits per heavy atom. The van der Waals surface area contributed by atoms with E-state index in [1.54, 1.807) is 10.6 Å². The van der Waals surface area contributed by atoms with Crippen molar-refractivity contribution in [3.8, 4) is 0 Å². The number of halogens is 1. The van der Waals surface area contributed by atoms with Crippen LogP contribution in [-0.4, -0.2) is 41.7 Å². The van der Waals surface area contributed by atoms with Crippen molar-refractivity contribution in [3.05, 3.63) is 40.3 Å². The van der Waals surface area contributed by atoms with Gasteiger partial charge in [-0.3, -0.25) is 9.69 Å². The van der Waals surface area contributed by atoms with Gasteiger partial charge in [0.1, 0.15) is 0 Å². The number of alkyl halides is 1. The van der Waals surface area contributed by atoms with Crippen LogP contribution in [0.1, 0.15) is 94.1 Å². The molecule has 6 nitrogen and oxygen atoms in total. The first-order valence-electron chi connectivity index (χ1n) is 12.2. The van der Waals surface area contributed by atoms with E-state index in [2.05, 4.69) is 39.4 Å². The largest absolute Gasteiger partial charge is 0.476 e. The minimum atomic E-state index is -1.26. The van der Waals surface area contributed by atoms with Gasteiger partial charge in [-0.2, -0.15) is 0 Å². The highest BCUT2D eigenvalue weighted by Gasteiger charge is 2.38. The monoisotopic (exact) mass is 551 g/mol. The maximum absolute atomic E-state index is 13.2. The molecule has 2 heterocycles. The van der Waals surface area contributed by atoms with E-state index < -0.39 is 11.5 Å². The van der Waals surface area contributed by atoms with Gasteiger partial charge in [-0.1, -0.05) is 73.8 Å². The molecule has 1 unspecified atom stereocenters. The third-order valence-corrected chi connectivity index (χ3v) is 8.62. The van der Waals surface area contributed by atoms with E-state index in [1.165, 1.54) is 51.4 Å². The number of fused-ring (bicyclic) bond motifs is 1. The van der Waals surface area contributed by atoms with Crippen molar-refractivity contribution >= 4 is 39.6 Å². The van der Waals surface area contributed by atoms with Crippen LogP contribution in [0.4, 0.5) is 0 Å². The first kappa shape index (κ1) is 23.7. The van der Waals surface area contributed by atoms with Gasteiger partial charge in [0.2, 0.25) is 5.69 Å². The zero-order valence-electron chi connectivity index (χ0n) is 18.9. The van der Waals surface area contributed by atoms with Crippen LogP contribution in [-0.2, 0) is 0 Å². The van der Waals surface area contributed by atoms with E-state index in [0.717, 1.165) is 24.8 Å². The molecule has 2 fully saturated rings. The van der Waals surface area contributed by atoms with Crippen LogP contribution in [0.25, 0.3) is 11.0 Å². The van der Waals surface area contributed by atoms with Crippen molar-refractivity contribution in [2.75, 3.05) is 0 Å². The maximum atomic E-state index is 13.2. The molecule has 0 spiro atoms. The normalized spacial score (nSPS) is 24.3. The highest BCUT2D eigenvalue weighted by molar-refractivity contribution is 14.1. The molecule has 7 heteroatoms. The third-order valence-electron chi connectivity index (χ3n) is 7.36. The summed E-state index contributed by atoms with van der Waals surface area (Å²) in [6.45, 7) is 2.10. The number of nitrogens with zero attached hydrogens (tertiary/aromatic N) is 3. The molecule has 1 aromatic carbocycles. The summed E-state index contributed by atoms with van der Waals surface area (Å²) in [5.41, 5.74) is 0.440. The van der Waals surface area contributed by atoms with Gasteiger partial charge >= 0.3 is 5.97 Å². The highest BCUT2D eigenvalue weighted by Crippen LogP contribution is 2.38. The van der Waals surface area contributed by atoms with E-state index in [4.69, 9.17) is 0 Å². The lowest BCUT2D eigenvalue weighted by Gasteiger charge is -2.38. The molecule has 0 bridgehead atoms. The van der Waals surface area contributed by atoms with E-state index >= 15 is 0 Å². The number of hydrogen-bond acceptors (Lipinski definition) is 4. The quantitative estimate of drug-likeness (QED) is 0.280. The molecule has 2 aliphatic rings. The SMILES string of the molecule is CC[C@H](CC1CC[C@@H](I)N1C1CCCCCCC1)n1c(=O)c(C(=O)O)nc2ccccc21. The molecule has 32 heavy (non-hydrogen) atoms. The molecular formula is C25H34IN3O3. The standard InChI is InChI=1S/C25H34IN3O3/c1-2-17(29-21-13-9-8-12-20(21)27-23(24(29)30)25(31)32)16-19-14-15-22(26)28(19)18-10-6-4-3-5-7-11-18/h8-9,12-13,17-19,22H,2-7,10-11,14-16H2,1H3,(H,31,32)/t17-,19?,22+/m1/s1. The van der Waals surface area contributed by atoms with Crippen molar-refractivity contribution in [1.29, 1.82) is 0 Å². The van der Waals surface area contributed by atoms with Gasteiger partial charge in [0.25, 0.3) is 5.56 Å². The Bertz CT molecular complexity index is 1000. The number of aromatic nitrogens is 2. The molecule has 1 saturated carbocycles. The summed E-state index contributed by atoms with van der Waals surface area (Å²) in [4.78, 5) is 31.9. The van der Waals surface area contributed by atoms with Gasteiger partial charge in [-0.05, 0) is 50.7 Å². The first-order valence-corrected chi connectivity index (χ1v) is 13.4. The lowest BCUT2D eigenvalue weighted by atomic mass is 9.94. The minimum Gasteiger partial charge on any atom is -0.476 e. The van der Waals surface area contributed by atoms with Crippen LogP contribution in [0.2, 0.25) is 0 Å². The van der Waals surface area contributed by atoms with Crippen molar-refractivity contribution in [2.45, 2.75) is 99.7 Å². The van der Waals surface area contributed by atoms with Gasteiger partial charge in [-0.15, -0.1) is 0 Å². The van der Waals surface area contributed by atoms with Crippen molar-refractivity contribution in [1.82, 2.24) is 14.5 Å². The Balaban J connectivity index is 1.67. The predicted octanol–water partition coefficient (Wildman–Crippen LogP) is 5.77. The Morgan fingerprint density at radius 1 is 1.12 bits per heavy atom.